The second-order valence-electron chi connectivity index (χ2n) is 5.93. The molecule has 6 heteroatoms. The summed E-state index contributed by atoms with van der Waals surface area (Å²) in [5.74, 6) is 0.944. The fourth-order valence-electron chi connectivity index (χ4n) is 3.57. The Balaban J connectivity index is 1.71. The lowest BCUT2D eigenvalue weighted by Crippen LogP contribution is -2.34. The molecule has 0 saturated carbocycles. The van der Waals surface area contributed by atoms with E-state index < -0.39 is 0 Å². The van der Waals surface area contributed by atoms with Gasteiger partial charge in [0.25, 0.3) is 0 Å². The summed E-state index contributed by atoms with van der Waals surface area (Å²) in [6.45, 7) is 4.66. The number of nitrogens with zero attached hydrogens (tertiary/aromatic N) is 4. The minimum atomic E-state index is 0.503. The van der Waals surface area contributed by atoms with E-state index in [9.17, 15) is 0 Å². The van der Waals surface area contributed by atoms with Crippen LogP contribution in [0.3, 0.4) is 0 Å². The monoisotopic (exact) mass is 309 g/mol. The SMILES string of the molecule is CNc1c(Cl)ncnc1N1CCCC(N2CCCC2)CC1. The van der Waals surface area contributed by atoms with E-state index in [-0.39, 0.29) is 0 Å². The van der Waals surface area contributed by atoms with Crippen LogP contribution in [0.15, 0.2) is 6.33 Å². The molecule has 2 fully saturated rings. The van der Waals surface area contributed by atoms with Crippen LogP contribution in [0.1, 0.15) is 32.1 Å². The molecule has 1 aromatic rings. The van der Waals surface area contributed by atoms with Crippen LogP contribution in [-0.2, 0) is 0 Å². The molecule has 0 aromatic carbocycles. The zero-order valence-corrected chi connectivity index (χ0v) is 13.4. The van der Waals surface area contributed by atoms with Gasteiger partial charge in [-0.25, -0.2) is 9.97 Å². The molecule has 1 unspecified atom stereocenters. The molecule has 5 nitrogen and oxygen atoms in total. The molecule has 21 heavy (non-hydrogen) atoms. The summed E-state index contributed by atoms with van der Waals surface area (Å²) in [6, 6.07) is 0.743. The van der Waals surface area contributed by atoms with Crippen LogP contribution in [0, 0.1) is 0 Å². The van der Waals surface area contributed by atoms with Crippen LogP contribution in [0.4, 0.5) is 11.5 Å². The third-order valence-electron chi connectivity index (χ3n) is 4.69. The van der Waals surface area contributed by atoms with Crippen molar-refractivity contribution < 1.29 is 0 Å². The molecule has 116 valence electrons. The maximum Gasteiger partial charge on any atom is 0.157 e. The Hall–Kier alpha value is -1.07. The van der Waals surface area contributed by atoms with Crippen LogP contribution < -0.4 is 10.2 Å². The van der Waals surface area contributed by atoms with E-state index in [2.05, 4.69) is 25.1 Å². The number of likely N-dealkylation sites (tertiary alicyclic amines) is 1. The van der Waals surface area contributed by atoms with E-state index in [1.807, 2.05) is 7.05 Å². The molecule has 1 aromatic heterocycles. The first-order chi connectivity index (χ1) is 10.3. The van der Waals surface area contributed by atoms with E-state index in [0.717, 1.165) is 30.6 Å². The van der Waals surface area contributed by atoms with Gasteiger partial charge in [0.1, 0.15) is 12.0 Å². The van der Waals surface area contributed by atoms with Crippen molar-refractivity contribution in [3.05, 3.63) is 11.5 Å². The highest BCUT2D eigenvalue weighted by molar-refractivity contribution is 6.32. The summed E-state index contributed by atoms with van der Waals surface area (Å²) < 4.78 is 0. The standard InChI is InChI=1S/C15H24ClN5/c1-17-13-14(16)18-11-19-15(13)21-9-4-5-12(6-10-21)20-7-2-3-8-20/h11-12,17H,2-10H2,1H3. The Bertz CT molecular complexity index is 475. The fraction of sp³-hybridized carbons (Fsp3) is 0.733. The molecule has 2 aliphatic heterocycles. The summed E-state index contributed by atoms with van der Waals surface area (Å²) in [6.07, 6.45) is 8.01. The molecular weight excluding hydrogens is 286 g/mol. The molecule has 1 N–H and O–H groups in total. The summed E-state index contributed by atoms with van der Waals surface area (Å²) in [7, 11) is 1.87. The maximum absolute atomic E-state index is 6.17. The largest absolute Gasteiger partial charge is 0.383 e. The average Bonchev–Trinajstić information content (AvgIpc) is 2.92. The Labute approximate surface area is 131 Å². The fourth-order valence-corrected chi connectivity index (χ4v) is 3.80. The number of halogens is 1. The van der Waals surface area contributed by atoms with Gasteiger partial charge in [0.2, 0.25) is 0 Å². The van der Waals surface area contributed by atoms with Crippen molar-refractivity contribution in [2.45, 2.75) is 38.1 Å². The molecule has 3 heterocycles. The summed E-state index contributed by atoms with van der Waals surface area (Å²) in [5.41, 5.74) is 0.846. The predicted octanol–water partition coefficient (Wildman–Crippen LogP) is 2.63. The number of anilines is 2. The number of rotatable bonds is 3. The van der Waals surface area contributed by atoms with Crippen molar-refractivity contribution in [3.63, 3.8) is 0 Å². The van der Waals surface area contributed by atoms with Crippen molar-refractivity contribution in [2.75, 3.05) is 43.4 Å². The Morgan fingerprint density at radius 3 is 2.67 bits per heavy atom. The highest BCUT2D eigenvalue weighted by Gasteiger charge is 2.26. The molecule has 1 atom stereocenters. The number of hydrogen-bond donors (Lipinski definition) is 1. The normalized spacial score (nSPS) is 24.1. The molecule has 2 aliphatic rings. The lowest BCUT2D eigenvalue weighted by molar-refractivity contribution is 0.225. The minimum absolute atomic E-state index is 0.503. The van der Waals surface area contributed by atoms with Gasteiger partial charge in [0, 0.05) is 26.2 Å². The lowest BCUT2D eigenvalue weighted by Gasteiger charge is -2.27. The van der Waals surface area contributed by atoms with Crippen LogP contribution in [-0.4, -0.2) is 54.1 Å². The van der Waals surface area contributed by atoms with Gasteiger partial charge >= 0.3 is 0 Å². The minimum Gasteiger partial charge on any atom is -0.383 e. The van der Waals surface area contributed by atoms with E-state index in [1.54, 1.807) is 6.33 Å². The number of hydrogen-bond acceptors (Lipinski definition) is 5. The van der Waals surface area contributed by atoms with E-state index in [1.165, 1.54) is 45.2 Å². The number of nitrogens with one attached hydrogen (secondary N) is 1. The Kier molecular flexibility index (Phi) is 4.80. The first kappa shape index (κ1) is 14.9. The van der Waals surface area contributed by atoms with Gasteiger partial charge in [-0.05, 0) is 45.2 Å². The van der Waals surface area contributed by atoms with Crippen molar-refractivity contribution in [3.8, 4) is 0 Å². The van der Waals surface area contributed by atoms with E-state index >= 15 is 0 Å². The molecule has 0 spiro atoms. The van der Waals surface area contributed by atoms with Gasteiger partial charge < -0.3 is 15.1 Å². The lowest BCUT2D eigenvalue weighted by atomic mass is 10.1. The predicted molar refractivity (Wildman–Crippen MR) is 87.2 cm³/mol. The van der Waals surface area contributed by atoms with Gasteiger partial charge in [-0.15, -0.1) is 0 Å². The van der Waals surface area contributed by atoms with E-state index in [4.69, 9.17) is 11.6 Å². The first-order valence-corrected chi connectivity index (χ1v) is 8.34. The van der Waals surface area contributed by atoms with Crippen LogP contribution in [0.2, 0.25) is 5.15 Å². The molecule has 0 aliphatic carbocycles. The van der Waals surface area contributed by atoms with Crippen LogP contribution >= 0.6 is 11.6 Å². The Morgan fingerprint density at radius 1 is 1.10 bits per heavy atom. The van der Waals surface area contributed by atoms with Gasteiger partial charge in [0.15, 0.2) is 11.0 Å². The third kappa shape index (κ3) is 3.24. The number of aromatic nitrogens is 2. The topological polar surface area (TPSA) is 44.3 Å². The quantitative estimate of drug-likeness (QED) is 0.870. The Morgan fingerprint density at radius 2 is 1.90 bits per heavy atom. The average molecular weight is 310 g/mol. The van der Waals surface area contributed by atoms with Gasteiger partial charge in [-0.1, -0.05) is 11.6 Å². The molecule has 0 radical (unpaired) electrons. The van der Waals surface area contributed by atoms with Gasteiger partial charge in [-0.3, -0.25) is 0 Å². The second-order valence-corrected chi connectivity index (χ2v) is 6.29. The highest BCUT2D eigenvalue weighted by atomic mass is 35.5. The van der Waals surface area contributed by atoms with Gasteiger partial charge in [0.05, 0.1) is 0 Å². The van der Waals surface area contributed by atoms with Crippen molar-refractivity contribution in [1.82, 2.24) is 14.9 Å². The molecule has 2 saturated heterocycles. The molecular formula is C15H24ClN5. The van der Waals surface area contributed by atoms with E-state index in [0.29, 0.717) is 5.15 Å². The molecule has 0 bridgehead atoms. The summed E-state index contributed by atoms with van der Waals surface area (Å²) in [4.78, 5) is 13.5. The first-order valence-electron chi connectivity index (χ1n) is 7.97. The summed E-state index contributed by atoms with van der Waals surface area (Å²) in [5, 5.41) is 3.64. The van der Waals surface area contributed by atoms with Crippen LogP contribution in [0.5, 0.6) is 0 Å². The van der Waals surface area contributed by atoms with Crippen molar-refractivity contribution in [1.29, 1.82) is 0 Å². The smallest absolute Gasteiger partial charge is 0.157 e. The maximum atomic E-state index is 6.17. The zero-order chi connectivity index (χ0) is 14.7. The second kappa shape index (κ2) is 6.79. The van der Waals surface area contributed by atoms with Crippen molar-refractivity contribution in [2.24, 2.45) is 0 Å². The third-order valence-corrected chi connectivity index (χ3v) is 4.97. The summed E-state index contributed by atoms with van der Waals surface area (Å²) >= 11 is 6.17. The highest BCUT2D eigenvalue weighted by Crippen LogP contribution is 2.31. The molecule has 3 rings (SSSR count). The zero-order valence-electron chi connectivity index (χ0n) is 12.7. The van der Waals surface area contributed by atoms with Crippen molar-refractivity contribution >= 4 is 23.1 Å². The van der Waals surface area contributed by atoms with Crippen LogP contribution in [0.25, 0.3) is 0 Å². The molecule has 0 amide bonds. The van der Waals surface area contributed by atoms with Gasteiger partial charge in [-0.2, -0.15) is 0 Å².